The van der Waals surface area contributed by atoms with Gasteiger partial charge in [0.05, 0.1) is 11.1 Å². The highest BCUT2D eigenvalue weighted by atomic mass is 35.5. The molecule has 1 fully saturated rings. The highest BCUT2D eigenvalue weighted by molar-refractivity contribution is 6.32. The van der Waals surface area contributed by atoms with Crippen molar-refractivity contribution < 1.29 is 14.6 Å². The minimum Gasteiger partial charge on any atom is -0.484 e. The van der Waals surface area contributed by atoms with Crippen molar-refractivity contribution in [3.8, 4) is 5.75 Å². The predicted octanol–water partition coefficient (Wildman–Crippen LogP) is 2.83. The third-order valence-electron chi connectivity index (χ3n) is 3.69. The molecule has 1 unspecified atom stereocenters. The number of hydrogen-bond donors (Lipinski definition) is 1. The van der Waals surface area contributed by atoms with Gasteiger partial charge >= 0.3 is 0 Å². The molecule has 1 N–H and O–H groups in total. The van der Waals surface area contributed by atoms with E-state index in [9.17, 15) is 9.90 Å². The first-order valence-electron chi connectivity index (χ1n) is 7.38. The highest BCUT2D eigenvalue weighted by Gasteiger charge is 2.15. The maximum Gasteiger partial charge on any atom is 0.167 e. The van der Waals surface area contributed by atoms with Crippen LogP contribution >= 0.6 is 11.6 Å². The molecule has 0 saturated carbocycles. The molecule has 0 bridgehead atoms. The Morgan fingerprint density at radius 2 is 2.14 bits per heavy atom. The fraction of sp³-hybridized carbons (Fsp3) is 0.562. The second-order valence-corrected chi connectivity index (χ2v) is 5.94. The number of halogens is 1. The number of benzene rings is 1. The zero-order valence-electron chi connectivity index (χ0n) is 12.3. The summed E-state index contributed by atoms with van der Waals surface area (Å²) >= 11 is 6.13. The summed E-state index contributed by atoms with van der Waals surface area (Å²) < 4.78 is 5.30. The number of hydrogen-bond acceptors (Lipinski definition) is 4. The van der Waals surface area contributed by atoms with Crippen LogP contribution in [0, 0.1) is 0 Å². The summed E-state index contributed by atoms with van der Waals surface area (Å²) in [7, 11) is 0. The number of aliphatic hydroxyl groups excluding tert-OH is 1. The third-order valence-corrected chi connectivity index (χ3v) is 3.98. The molecule has 1 aromatic carbocycles. The standard InChI is InChI=1S/C16H22ClNO3/c1-12(19)11-21-16-5-4-13(10-14(16)17)15(20)6-9-18-7-2-3-8-18/h4-5,10,15,20H,2-3,6-9,11H2,1H3. The first-order valence-corrected chi connectivity index (χ1v) is 7.76. The average Bonchev–Trinajstić information content (AvgIpc) is 2.96. The maximum absolute atomic E-state index is 10.9. The molecule has 0 amide bonds. The minimum atomic E-state index is -0.523. The van der Waals surface area contributed by atoms with Gasteiger partial charge < -0.3 is 14.7 Å². The van der Waals surface area contributed by atoms with Crippen molar-refractivity contribution >= 4 is 17.4 Å². The molecule has 5 heteroatoms. The van der Waals surface area contributed by atoms with E-state index in [-0.39, 0.29) is 12.4 Å². The molecule has 0 radical (unpaired) electrons. The van der Waals surface area contributed by atoms with E-state index in [4.69, 9.17) is 16.3 Å². The first kappa shape index (κ1) is 16.3. The second kappa shape index (κ2) is 7.78. The molecule has 4 nitrogen and oxygen atoms in total. The lowest BCUT2D eigenvalue weighted by atomic mass is 10.1. The van der Waals surface area contributed by atoms with Crippen LogP contribution in [0.5, 0.6) is 5.75 Å². The number of rotatable bonds is 7. The summed E-state index contributed by atoms with van der Waals surface area (Å²) in [6, 6.07) is 5.22. The normalized spacial score (nSPS) is 16.9. The van der Waals surface area contributed by atoms with Crippen LogP contribution in [-0.2, 0) is 4.79 Å². The van der Waals surface area contributed by atoms with Gasteiger partial charge in [-0.05, 0) is 57.0 Å². The molecule has 1 atom stereocenters. The number of carbonyl (C=O) groups is 1. The smallest absolute Gasteiger partial charge is 0.167 e. The SMILES string of the molecule is CC(=O)COc1ccc(C(O)CCN2CCCC2)cc1Cl. The van der Waals surface area contributed by atoms with Gasteiger partial charge in [0.15, 0.2) is 5.78 Å². The van der Waals surface area contributed by atoms with Crippen LogP contribution in [-0.4, -0.2) is 42.0 Å². The fourth-order valence-corrected chi connectivity index (χ4v) is 2.74. The molecule has 1 aliphatic rings. The van der Waals surface area contributed by atoms with Gasteiger partial charge in [-0.1, -0.05) is 17.7 Å². The van der Waals surface area contributed by atoms with E-state index in [0.29, 0.717) is 17.2 Å². The topological polar surface area (TPSA) is 49.8 Å². The predicted molar refractivity (Wildman–Crippen MR) is 82.9 cm³/mol. The zero-order chi connectivity index (χ0) is 15.2. The van der Waals surface area contributed by atoms with Gasteiger partial charge in [-0.15, -0.1) is 0 Å². The summed E-state index contributed by atoms with van der Waals surface area (Å²) in [6.45, 7) is 4.64. The van der Waals surface area contributed by atoms with Crippen molar-refractivity contribution in [1.82, 2.24) is 4.90 Å². The fourth-order valence-electron chi connectivity index (χ4n) is 2.50. The van der Waals surface area contributed by atoms with Crippen molar-refractivity contribution in [3.63, 3.8) is 0 Å². The Bertz CT molecular complexity index is 486. The number of aliphatic hydroxyl groups is 1. The van der Waals surface area contributed by atoms with E-state index in [0.717, 1.165) is 25.2 Å². The molecule has 0 aliphatic carbocycles. The van der Waals surface area contributed by atoms with Crippen molar-refractivity contribution in [2.45, 2.75) is 32.3 Å². The lowest BCUT2D eigenvalue weighted by Gasteiger charge is -2.18. The minimum absolute atomic E-state index is 0.0105. The summed E-state index contributed by atoms with van der Waals surface area (Å²) in [5, 5.41) is 10.7. The summed E-state index contributed by atoms with van der Waals surface area (Å²) in [4.78, 5) is 13.3. The van der Waals surface area contributed by atoms with Crippen LogP contribution in [0.3, 0.4) is 0 Å². The van der Waals surface area contributed by atoms with Gasteiger partial charge in [0, 0.05) is 6.54 Å². The van der Waals surface area contributed by atoms with Crippen molar-refractivity contribution in [2.75, 3.05) is 26.2 Å². The monoisotopic (exact) mass is 311 g/mol. The molecule has 1 aliphatic heterocycles. The number of nitrogens with zero attached hydrogens (tertiary/aromatic N) is 1. The Labute approximate surface area is 130 Å². The summed E-state index contributed by atoms with van der Waals surface area (Å²) in [5.41, 5.74) is 0.786. The van der Waals surface area contributed by atoms with Crippen molar-refractivity contribution in [3.05, 3.63) is 28.8 Å². The molecule has 1 aromatic rings. The summed E-state index contributed by atoms with van der Waals surface area (Å²) in [6.07, 6.45) is 2.68. The van der Waals surface area contributed by atoms with Crippen molar-refractivity contribution in [2.24, 2.45) is 0 Å². The average molecular weight is 312 g/mol. The molecule has 2 rings (SSSR count). The highest BCUT2D eigenvalue weighted by Crippen LogP contribution is 2.29. The van der Waals surface area contributed by atoms with Gasteiger partial charge in [0.2, 0.25) is 0 Å². The van der Waals surface area contributed by atoms with Crippen LogP contribution in [0.15, 0.2) is 18.2 Å². The quantitative estimate of drug-likeness (QED) is 0.841. The van der Waals surface area contributed by atoms with Crippen LogP contribution in [0.4, 0.5) is 0 Å². The van der Waals surface area contributed by atoms with E-state index in [1.54, 1.807) is 18.2 Å². The van der Waals surface area contributed by atoms with E-state index in [1.165, 1.54) is 19.8 Å². The second-order valence-electron chi connectivity index (χ2n) is 5.53. The molecular formula is C16H22ClNO3. The zero-order valence-corrected chi connectivity index (χ0v) is 13.1. The number of ketones is 1. The van der Waals surface area contributed by atoms with E-state index in [1.807, 2.05) is 0 Å². The Morgan fingerprint density at radius 3 is 2.76 bits per heavy atom. The molecule has 1 heterocycles. The van der Waals surface area contributed by atoms with Gasteiger partial charge in [-0.3, -0.25) is 4.79 Å². The van der Waals surface area contributed by atoms with Crippen LogP contribution < -0.4 is 4.74 Å². The molecule has 0 aromatic heterocycles. The van der Waals surface area contributed by atoms with Crippen molar-refractivity contribution in [1.29, 1.82) is 0 Å². The number of ether oxygens (including phenoxy) is 1. The Hall–Kier alpha value is -1.10. The largest absolute Gasteiger partial charge is 0.484 e. The first-order chi connectivity index (χ1) is 10.1. The van der Waals surface area contributed by atoms with Crippen LogP contribution in [0.2, 0.25) is 5.02 Å². The van der Waals surface area contributed by atoms with Crippen LogP contribution in [0.25, 0.3) is 0 Å². The number of likely N-dealkylation sites (tertiary alicyclic amines) is 1. The molecular weight excluding hydrogens is 290 g/mol. The Kier molecular flexibility index (Phi) is 6.03. The Balaban J connectivity index is 1.89. The molecule has 116 valence electrons. The maximum atomic E-state index is 10.9. The third kappa shape index (κ3) is 4.99. The van der Waals surface area contributed by atoms with Crippen LogP contribution in [0.1, 0.15) is 37.9 Å². The molecule has 0 spiro atoms. The number of carbonyl (C=O) groups excluding carboxylic acids is 1. The lowest BCUT2D eigenvalue weighted by Crippen LogP contribution is -2.22. The van der Waals surface area contributed by atoms with Gasteiger partial charge in [0.25, 0.3) is 0 Å². The van der Waals surface area contributed by atoms with E-state index >= 15 is 0 Å². The van der Waals surface area contributed by atoms with E-state index < -0.39 is 6.10 Å². The Morgan fingerprint density at radius 1 is 1.43 bits per heavy atom. The molecule has 21 heavy (non-hydrogen) atoms. The van der Waals surface area contributed by atoms with Gasteiger partial charge in [-0.25, -0.2) is 0 Å². The van der Waals surface area contributed by atoms with Gasteiger partial charge in [0.1, 0.15) is 12.4 Å². The number of Topliss-reactive ketones (excluding diaryl/α,β-unsaturated/α-hetero) is 1. The summed E-state index contributed by atoms with van der Waals surface area (Å²) in [5.74, 6) is 0.420. The lowest BCUT2D eigenvalue weighted by molar-refractivity contribution is -0.118. The molecule has 1 saturated heterocycles. The van der Waals surface area contributed by atoms with Gasteiger partial charge in [-0.2, -0.15) is 0 Å². The van der Waals surface area contributed by atoms with E-state index in [2.05, 4.69) is 4.90 Å².